The minimum Gasteiger partial charge on any atom is -0.379 e. The predicted molar refractivity (Wildman–Crippen MR) is 127 cm³/mol. The van der Waals surface area contributed by atoms with E-state index in [2.05, 4.69) is 6.92 Å². The van der Waals surface area contributed by atoms with Crippen molar-refractivity contribution in [3.63, 3.8) is 0 Å². The van der Waals surface area contributed by atoms with E-state index in [-0.39, 0.29) is 19.3 Å². The van der Waals surface area contributed by atoms with E-state index in [0.717, 1.165) is 6.42 Å². The topological polar surface area (TPSA) is 74.2 Å². The van der Waals surface area contributed by atoms with Crippen LogP contribution in [0, 0.1) is 0 Å². The number of phosphoric acid groups is 1. The lowest BCUT2D eigenvalue weighted by Gasteiger charge is -2.24. The summed E-state index contributed by atoms with van der Waals surface area (Å²) in [5.74, 6) is 0. The molecule has 0 heterocycles. The van der Waals surface area contributed by atoms with E-state index in [1.54, 1.807) is 7.11 Å². The number of nitrogens with zero attached hydrogens (tertiary/aromatic N) is 1. The van der Waals surface area contributed by atoms with E-state index < -0.39 is 7.82 Å². The van der Waals surface area contributed by atoms with Gasteiger partial charge in [-0.15, -0.1) is 0 Å². The molecule has 0 amide bonds. The maximum absolute atomic E-state index is 11.9. The zero-order valence-corrected chi connectivity index (χ0v) is 21.9. The van der Waals surface area contributed by atoms with Crippen LogP contribution in [0.2, 0.25) is 0 Å². The van der Waals surface area contributed by atoms with Crippen LogP contribution in [0.1, 0.15) is 84.0 Å². The molecule has 0 aromatic carbocycles. The van der Waals surface area contributed by atoms with Crippen LogP contribution < -0.4 is 0 Å². The Balaban J connectivity index is 3.59. The van der Waals surface area contributed by atoms with E-state index in [0.29, 0.717) is 24.2 Å². The number of hydrogen-bond acceptors (Lipinski definition) is 5. The van der Waals surface area contributed by atoms with Gasteiger partial charge in [-0.3, -0.25) is 9.05 Å². The molecule has 0 saturated carbocycles. The van der Waals surface area contributed by atoms with Gasteiger partial charge in [-0.1, -0.05) is 77.6 Å². The van der Waals surface area contributed by atoms with Crippen LogP contribution in [-0.2, 0) is 23.1 Å². The molecule has 0 aliphatic heterocycles. The number of unbranched alkanes of at least 4 members (excludes halogenated alkanes) is 11. The largest absolute Gasteiger partial charge is 0.472 e. The average Bonchev–Trinajstić information content (AvgIpc) is 2.69. The predicted octanol–water partition coefficient (Wildman–Crippen LogP) is 5.56. The summed E-state index contributed by atoms with van der Waals surface area (Å²) >= 11 is 0. The van der Waals surface area contributed by atoms with Crippen LogP contribution in [-0.4, -0.2) is 76.7 Å². The first-order valence-corrected chi connectivity index (χ1v) is 13.7. The van der Waals surface area contributed by atoms with Crippen molar-refractivity contribution < 1.29 is 32.5 Å². The Morgan fingerprint density at radius 1 is 0.774 bits per heavy atom. The Morgan fingerprint density at radius 2 is 1.29 bits per heavy atom. The van der Waals surface area contributed by atoms with Crippen molar-refractivity contribution in [1.82, 2.24) is 0 Å². The molecule has 0 rings (SSSR count). The molecule has 0 bridgehead atoms. The lowest BCUT2D eigenvalue weighted by molar-refractivity contribution is -0.870. The molecule has 1 N–H and O–H groups in total. The van der Waals surface area contributed by atoms with Crippen molar-refractivity contribution in [2.75, 3.05) is 61.2 Å². The second kappa shape index (κ2) is 19.5. The van der Waals surface area contributed by atoms with Crippen LogP contribution in [0.3, 0.4) is 0 Å². The highest BCUT2D eigenvalue weighted by Crippen LogP contribution is 2.43. The zero-order valence-electron chi connectivity index (χ0n) is 21.0. The van der Waals surface area contributed by atoms with E-state index in [1.165, 1.54) is 70.6 Å². The third kappa shape index (κ3) is 23.0. The molecule has 0 fully saturated rings. The number of methoxy groups -OCH3 is 1. The van der Waals surface area contributed by atoms with Gasteiger partial charge in [0, 0.05) is 13.7 Å². The molecule has 0 spiro atoms. The standard InChI is InChI=1S/C23H50NO6P/c1-6-7-8-9-10-11-12-13-14-15-16-17-19-28-21-23(27-5)22-30-31(25,26)29-20-18-24(2,3)4/h23H,6-22H2,1-5H3/p+1/t23-/m0/s1. The molecule has 0 aromatic rings. The fourth-order valence-corrected chi connectivity index (χ4v) is 3.83. The van der Waals surface area contributed by atoms with Gasteiger partial charge in [0.25, 0.3) is 0 Å². The molecular weight excluding hydrogens is 417 g/mol. The summed E-state index contributed by atoms with van der Waals surface area (Å²) in [6.07, 6.45) is 15.4. The highest BCUT2D eigenvalue weighted by Gasteiger charge is 2.24. The van der Waals surface area contributed by atoms with Crippen molar-refractivity contribution >= 4 is 7.82 Å². The Kier molecular flexibility index (Phi) is 19.5. The quantitative estimate of drug-likeness (QED) is 0.120. The van der Waals surface area contributed by atoms with Gasteiger partial charge in [-0.2, -0.15) is 0 Å². The van der Waals surface area contributed by atoms with E-state index in [4.69, 9.17) is 18.5 Å². The SMILES string of the molecule is CCCCCCCCCCCCCCOC[C@@H](COP(=O)(O)OCC[N+](C)(C)C)OC. The minimum atomic E-state index is -4.06. The molecule has 0 radical (unpaired) electrons. The number of likely N-dealkylation sites (N-methyl/N-ethyl adjacent to an activating group) is 1. The van der Waals surface area contributed by atoms with Gasteiger partial charge in [-0.05, 0) is 6.42 Å². The molecule has 7 nitrogen and oxygen atoms in total. The highest BCUT2D eigenvalue weighted by molar-refractivity contribution is 7.47. The Labute approximate surface area is 192 Å². The normalized spacial score (nSPS) is 15.2. The first-order chi connectivity index (χ1) is 14.7. The first kappa shape index (κ1) is 31.0. The molecule has 0 saturated heterocycles. The molecule has 1 unspecified atom stereocenters. The summed E-state index contributed by atoms with van der Waals surface area (Å²) in [7, 11) is 3.44. The zero-order chi connectivity index (χ0) is 23.4. The van der Waals surface area contributed by atoms with Gasteiger partial charge in [0.2, 0.25) is 0 Å². The number of quaternary nitrogens is 1. The number of hydrogen-bond donors (Lipinski definition) is 1. The Bertz CT molecular complexity index is 444. The molecule has 0 aliphatic rings. The van der Waals surface area contributed by atoms with E-state index in [1.807, 2.05) is 21.1 Å². The van der Waals surface area contributed by atoms with Crippen molar-refractivity contribution in [1.29, 1.82) is 0 Å². The third-order valence-electron chi connectivity index (χ3n) is 5.22. The van der Waals surface area contributed by atoms with Crippen LogP contribution in [0.15, 0.2) is 0 Å². The molecule has 2 atom stereocenters. The van der Waals surface area contributed by atoms with Gasteiger partial charge >= 0.3 is 7.82 Å². The number of ether oxygens (including phenoxy) is 2. The maximum atomic E-state index is 11.9. The highest BCUT2D eigenvalue weighted by atomic mass is 31.2. The fraction of sp³-hybridized carbons (Fsp3) is 1.00. The number of phosphoric ester groups is 1. The Morgan fingerprint density at radius 3 is 1.77 bits per heavy atom. The summed E-state index contributed by atoms with van der Waals surface area (Å²) in [6, 6.07) is 0. The second-order valence-electron chi connectivity index (χ2n) is 9.43. The molecule has 31 heavy (non-hydrogen) atoms. The van der Waals surface area contributed by atoms with Crippen LogP contribution in [0.5, 0.6) is 0 Å². The van der Waals surface area contributed by atoms with Crippen molar-refractivity contribution in [3.8, 4) is 0 Å². The molecule has 0 aromatic heterocycles. The van der Waals surface area contributed by atoms with Crippen LogP contribution in [0.25, 0.3) is 0 Å². The lowest BCUT2D eigenvalue weighted by Crippen LogP contribution is -2.37. The van der Waals surface area contributed by atoms with Crippen LogP contribution in [0.4, 0.5) is 0 Å². The summed E-state index contributed by atoms with van der Waals surface area (Å²) in [4.78, 5) is 9.76. The fourth-order valence-electron chi connectivity index (χ4n) is 3.09. The molecule has 188 valence electrons. The Hall–Kier alpha value is -0.0100. The third-order valence-corrected chi connectivity index (χ3v) is 6.20. The lowest BCUT2D eigenvalue weighted by atomic mass is 10.1. The maximum Gasteiger partial charge on any atom is 0.472 e. The van der Waals surface area contributed by atoms with Gasteiger partial charge in [0.05, 0.1) is 34.4 Å². The van der Waals surface area contributed by atoms with E-state index in [9.17, 15) is 9.46 Å². The van der Waals surface area contributed by atoms with E-state index >= 15 is 0 Å². The minimum absolute atomic E-state index is 0.0346. The second-order valence-corrected chi connectivity index (χ2v) is 10.9. The first-order valence-electron chi connectivity index (χ1n) is 12.2. The monoisotopic (exact) mass is 468 g/mol. The van der Waals surface area contributed by atoms with Gasteiger partial charge in [0.1, 0.15) is 19.3 Å². The van der Waals surface area contributed by atoms with Gasteiger partial charge < -0.3 is 18.9 Å². The number of rotatable bonds is 23. The van der Waals surface area contributed by atoms with Crippen molar-refractivity contribution in [3.05, 3.63) is 0 Å². The molecular formula is C23H51NO6P+. The molecule has 0 aliphatic carbocycles. The summed E-state index contributed by atoms with van der Waals surface area (Å²) < 4.78 is 33.6. The molecule has 8 heteroatoms. The summed E-state index contributed by atoms with van der Waals surface area (Å²) in [5, 5.41) is 0. The van der Waals surface area contributed by atoms with Crippen molar-refractivity contribution in [2.45, 2.75) is 90.1 Å². The van der Waals surface area contributed by atoms with Crippen LogP contribution >= 0.6 is 7.82 Å². The average molecular weight is 469 g/mol. The van der Waals surface area contributed by atoms with Crippen molar-refractivity contribution in [2.24, 2.45) is 0 Å². The van der Waals surface area contributed by atoms with Gasteiger partial charge in [0.15, 0.2) is 0 Å². The van der Waals surface area contributed by atoms with Gasteiger partial charge in [-0.25, -0.2) is 4.57 Å². The smallest absolute Gasteiger partial charge is 0.379 e. The summed E-state index contributed by atoms with van der Waals surface area (Å²) in [6.45, 7) is 4.01. The summed E-state index contributed by atoms with van der Waals surface area (Å²) in [5.41, 5.74) is 0.